The molecule has 1 saturated carbocycles. The molecule has 1 N–H and O–H groups in total. The van der Waals surface area contributed by atoms with Crippen molar-refractivity contribution in [3.8, 4) is 11.1 Å². The number of alkyl halides is 3. The molecule has 5 rings (SSSR count). The molecule has 3 aromatic carbocycles. The van der Waals surface area contributed by atoms with Crippen molar-refractivity contribution in [3.05, 3.63) is 94.5 Å². The standard InChI is InChI=1S/C32H31F3N2O4/c1-41-31(40)22-9-5-8-21(16-22)24-11-10-23(18-36-30(39)27-17-26(27)20-6-3-2-4-7-20)28-19-37(15-13-25(24)28)29(38)12-14-32(33,34)35/h2-11,16,26-27H,12-15,17-19H2,1H3,(H,36,39)/t26-,27+/m1/s1. The molecule has 1 fully saturated rings. The van der Waals surface area contributed by atoms with Crippen molar-refractivity contribution in [3.63, 3.8) is 0 Å². The second-order valence-electron chi connectivity index (χ2n) is 10.6. The quantitative estimate of drug-likeness (QED) is 0.352. The Morgan fingerprint density at radius 1 is 1.00 bits per heavy atom. The molecular weight excluding hydrogens is 533 g/mol. The number of ether oxygens (including phenoxy) is 1. The Labute approximate surface area is 236 Å². The normalized spacial score (nSPS) is 17.9. The van der Waals surface area contributed by atoms with Gasteiger partial charge in [-0.05, 0) is 64.3 Å². The molecule has 2 amide bonds. The number of hydrogen-bond donors (Lipinski definition) is 1. The zero-order valence-corrected chi connectivity index (χ0v) is 22.7. The van der Waals surface area contributed by atoms with Crippen LogP contribution in [0.4, 0.5) is 13.2 Å². The molecule has 0 saturated heterocycles. The highest BCUT2D eigenvalue weighted by atomic mass is 19.4. The number of hydrogen-bond acceptors (Lipinski definition) is 4. The lowest BCUT2D eigenvalue weighted by Crippen LogP contribution is -2.37. The summed E-state index contributed by atoms with van der Waals surface area (Å²) < 4.78 is 43.2. The van der Waals surface area contributed by atoms with Crippen molar-refractivity contribution in [2.75, 3.05) is 13.7 Å². The van der Waals surface area contributed by atoms with Crippen LogP contribution in [0.5, 0.6) is 0 Å². The molecular formula is C32H31F3N2O4. The zero-order valence-electron chi connectivity index (χ0n) is 22.7. The number of esters is 1. The average molecular weight is 565 g/mol. The van der Waals surface area contributed by atoms with Gasteiger partial charge >= 0.3 is 12.1 Å². The number of nitrogens with zero attached hydrogens (tertiary/aromatic N) is 1. The smallest absolute Gasteiger partial charge is 0.389 e. The molecule has 0 unspecified atom stereocenters. The lowest BCUT2D eigenvalue weighted by Gasteiger charge is -2.32. The van der Waals surface area contributed by atoms with E-state index in [0.717, 1.165) is 39.8 Å². The second-order valence-corrected chi connectivity index (χ2v) is 10.6. The number of methoxy groups -OCH3 is 1. The van der Waals surface area contributed by atoms with Crippen molar-refractivity contribution in [2.45, 2.75) is 50.9 Å². The first-order chi connectivity index (χ1) is 19.6. The van der Waals surface area contributed by atoms with Crippen LogP contribution in [-0.4, -0.2) is 42.5 Å². The van der Waals surface area contributed by atoms with Crippen molar-refractivity contribution >= 4 is 17.8 Å². The van der Waals surface area contributed by atoms with E-state index in [-0.39, 0.29) is 37.4 Å². The van der Waals surface area contributed by atoms with Gasteiger partial charge in [0.2, 0.25) is 11.8 Å². The minimum atomic E-state index is -4.41. The third kappa shape index (κ3) is 6.61. The van der Waals surface area contributed by atoms with Crippen LogP contribution < -0.4 is 5.32 Å². The third-order valence-electron chi connectivity index (χ3n) is 7.89. The van der Waals surface area contributed by atoms with Crippen LogP contribution in [0, 0.1) is 5.92 Å². The fourth-order valence-electron chi connectivity index (χ4n) is 5.59. The number of nitrogens with one attached hydrogen (secondary N) is 1. The van der Waals surface area contributed by atoms with Gasteiger partial charge < -0.3 is 15.0 Å². The van der Waals surface area contributed by atoms with Gasteiger partial charge in [0.05, 0.1) is 19.1 Å². The summed E-state index contributed by atoms with van der Waals surface area (Å²) in [6.07, 6.45) is -4.95. The SMILES string of the molecule is COC(=O)c1cccc(-c2ccc(CNC(=O)[C@H]3C[C@@H]3c3ccccc3)c3c2CCN(C(=O)CCC(F)(F)F)C3)c1. The van der Waals surface area contributed by atoms with Gasteiger partial charge in [0.15, 0.2) is 0 Å². The molecule has 0 spiro atoms. The molecule has 6 nitrogen and oxygen atoms in total. The van der Waals surface area contributed by atoms with Gasteiger partial charge in [-0.3, -0.25) is 9.59 Å². The van der Waals surface area contributed by atoms with Crippen LogP contribution in [0.25, 0.3) is 11.1 Å². The molecule has 1 aliphatic carbocycles. The largest absolute Gasteiger partial charge is 0.465 e. The summed E-state index contributed by atoms with van der Waals surface area (Å²) in [5, 5.41) is 3.04. The first-order valence-electron chi connectivity index (χ1n) is 13.6. The van der Waals surface area contributed by atoms with E-state index < -0.39 is 30.9 Å². The Morgan fingerprint density at radius 3 is 2.51 bits per heavy atom. The summed E-state index contributed by atoms with van der Waals surface area (Å²) in [6, 6.07) is 20.7. The van der Waals surface area contributed by atoms with Crippen molar-refractivity contribution in [2.24, 2.45) is 5.92 Å². The predicted octanol–water partition coefficient (Wildman–Crippen LogP) is 5.79. The van der Waals surface area contributed by atoms with Gasteiger partial charge in [-0.25, -0.2) is 4.79 Å². The summed E-state index contributed by atoms with van der Waals surface area (Å²) in [5.74, 6) is -0.971. The van der Waals surface area contributed by atoms with E-state index in [0.29, 0.717) is 12.0 Å². The fourth-order valence-corrected chi connectivity index (χ4v) is 5.59. The van der Waals surface area contributed by atoms with Crippen LogP contribution in [0.1, 0.15) is 57.8 Å². The summed E-state index contributed by atoms with van der Waals surface area (Å²) in [6.45, 7) is 0.675. The van der Waals surface area contributed by atoms with E-state index in [4.69, 9.17) is 4.74 Å². The molecule has 0 bridgehead atoms. The molecule has 2 aliphatic rings. The van der Waals surface area contributed by atoms with E-state index >= 15 is 0 Å². The lowest BCUT2D eigenvalue weighted by molar-refractivity contribution is -0.149. The highest BCUT2D eigenvalue weighted by molar-refractivity contribution is 5.91. The van der Waals surface area contributed by atoms with Crippen molar-refractivity contribution < 1.29 is 32.3 Å². The fraction of sp³-hybridized carbons (Fsp3) is 0.344. The molecule has 3 aromatic rings. The molecule has 0 aromatic heterocycles. The molecule has 2 atom stereocenters. The number of amides is 2. The summed E-state index contributed by atoms with van der Waals surface area (Å²) in [5.41, 5.74) is 5.77. The maximum Gasteiger partial charge on any atom is 0.389 e. The van der Waals surface area contributed by atoms with Gasteiger partial charge in [0, 0.05) is 32.0 Å². The minimum Gasteiger partial charge on any atom is -0.465 e. The monoisotopic (exact) mass is 564 g/mol. The van der Waals surface area contributed by atoms with Crippen molar-refractivity contribution in [1.82, 2.24) is 10.2 Å². The molecule has 1 heterocycles. The predicted molar refractivity (Wildman–Crippen MR) is 147 cm³/mol. The first-order valence-corrected chi connectivity index (χ1v) is 13.6. The molecule has 41 heavy (non-hydrogen) atoms. The van der Waals surface area contributed by atoms with Gasteiger partial charge in [0.25, 0.3) is 0 Å². The Bertz CT molecular complexity index is 1460. The maximum atomic E-state index is 13.0. The Hall–Kier alpha value is -4.14. The molecule has 214 valence electrons. The highest BCUT2D eigenvalue weighted by Crippen LogP contribution is 2.47. The van der Waals surface area contributed by atoms with Crippen LogP contribution in [0.2, 0.25) is 0 Å². The van der Waals surface area contributed by atoms with Crippen LogP contribution in [0.3, 0.4) is 0 Å². The van der Waals surface area contributed by atoms with Gasteiger partial charge in [-0.15, -0.1) is 0 Å². The minimum absolute atomic E-state index is 0.0450. The number of carbonyl (C=O) groups is 3. The van der Waals surface area contributed by atoms with Gasteiger partial charge in [-0.1, -0.05) is 54.6 Å². The zero-order chi connectivity index (χ0) is 29.1. The van der Waals surface area contributed by atoms with E-state index in [9.17, 15) is 27.6 Å². The molecule has 9 heteroatoms. The number of halogens is 3. The van der Waals surface area contributed by atoms with Crippen molar-refractivity contribution in [1.29, 1.82) is 0 Å². The highest BCUT2D eigenvalue weighted by Gasteiger charge is 2.43. The van der Waals surface area contributed by atoms with Gasteiger partial charge in [-0.2, -0.15) is 13.2 Å². The number of benzene rings is 3. The molecule has 1 aliphatic heterocycles. The van der Waals surface area contributed by atoms with E-state index in [1.165, 1.54) is 12.0 Å². The Morgan fingerprint density at radius 2 is 1.78 bits per heavy atom. The number of rotatable bonds is 8. The van der Waals surface area contributed by atoms with Crippen LogP contribution in [0.15, 0.2) is 66.7 Å². The number of carbonyl (C=O) groups excluding carboxylic acids is 3. The van der Waals surface area contributed by atoms with Crippen LogP contribution >= 0.6 is 0 Å². The Balaban J connectivity index is 1.39. The maximum absolute atomic E-state index is 13.0. The second kappa shape index (κ2) is 11.8. The average Bonchev–Trinajstić information content (AvgIpc) is 3.79. The number of fused-ring (bicyclic) bond motifs is 1. The van der Waals surface area contributed by atoms with Gasteiger partial charge in [0.1, 0.15) is 0 Å². The lowest BCUT2D eigenvalue weighted by atomic mass is 9.87. The first kappa shape index (κ1) is 28.4. The summed E-state index contributed by atoms with van der Waals surface area (Å²) in [7, 11) is 1.31. The van der Waals surface area contributed by atoms with E-state index in [1.54, 1.807) is 18.2 Å². The van der Waals surface area contributed by atoms with E-state index in [1.807, 2.05) is 48.5 Å². The van der Waals surface area contributed by atoms with E-state index in [2.05, 4.69) is 5.32 Å². The summed E-state index contributed by atoms with van der Waals surface area (Å²) in [4.78, 5) is 39.3. The molecule has 0 radical (unpaired) electrons. The topological polar surface area (TPSA) is 75.7 Å². The Kier molecular flexibility index (Phi) is 8.15. The summed E-state index contributed by atoms with van der Waals surface area (Å²) >= 11 is 0. The van der Waals surface area contributed by atoms with Crippen LogP contribution in [-0.2, 0) is 33.8 Å². The third-order valence-corrected chi connectivity index (χ3v) is 7.89.